The number of carbonyl (C=O) groups excluding carboxylic acids is 2. The van der Waals surface area contributed by atoms with Crippen LogP contribution >= 0.6 is 23.2 Å². The molecule has 202 valence electrons. The van der Waals surface area contributed by atoms with Crippen LogP contribution in [0, 0.1) is 5.92 Å². The van der Waals surface area contributed by atoms with E-state index >= 15 is 0 Å². The van der Waals surface area contributed by atoms with Gasteiger partial charge in [-0.3, -0.25) is 13.9 Å². The first-order valence-electron chi connectivity index (χ1n) is 12.1. The van der Waals surface area contributed by atoms with Crippen molar-refractivity contribution in [1.29, 1.82) is 0 Å². The maximum atomic E-state index is 13.8. The Morgan fingerprint density at radius 1 is 0.895 bits per heavy atom. The molecule has 0 aliphatic heterocycles. The van der Waals surface area contributed by atoms with Crippen molar-refractivity contribution in [2.45, 2.75) is 38.3 Å². The summed E-state index contributed by atoms with van der Waals surface area (Å²) in [6.07, 6.45) is 0. The van der Waals surface area contributed by atoms with Gasteiger partial charge < -0.3 is 10.2 Å². The lowest BCUT2D eigenvalue weighted by Crippen LogP contribution is -2.51. The fourth-order valence-corrected chi connectivity index (χ4v) is 5.75. The van der Waals surface area contributed by atoms with Crippen LogP contribution in [0.4, 0.5) is 5.69 Å². The summed E-state index contributed by atoms with van der Waals surface area (Å²) in [6.45, 7) is 5.56. The minimum absolute atomic E-state index is 0.00356. The second kappa shape index (κ2) is 13.1. The van der Waals surface area contributed by atoms with E-state index in [0.29, 0.717) is 11.6 Å². The fourth-order valence-electron chi connectivity index (χ4n) is 3.73. The Hall–Kier alpha value is -3.07. The maximum Gasteiger partial charge on any atom is 0.264 e. The first kappa shape index (κ1) is 29.5. The zero-order valence-corrected chi connectivity index (χ0v) is 23.8. The smallest absolute Gasteiger partial charge is 0.264 e. The van der Waals surface area contributed by atoms with Crippen molar-refractivity contribution >= 4 is 50.7 Å². The molecule has 0 fully saturated rings. The second-order valence-corrected chi connectivity index (χ2v) is 11.9. The maximum absolute atomic E-state index is 13.8. The van der Waals surface area contributed by atoms with Crippen LogP contribution in [0.15, 0.2) is 83.8 Å². The van der Waals surface area contributed by atoms with Gasteiger partial charge in [-0.05, 0) is 48.7 Å². The number of amides is 2. The molecule has 3 aromatic carbocycles. The first-order chi connectivity index (χ1) is 18.0. The molecular weight excluding hydrogens is 545 g/mol. The van der Waals surface area contributed by atoms with E-state index in [1.165, 1.54) is 35.2 Å². The Balaban J connectivity index is 2.02. The van der Waals surface area contributed by atoms with E-state index in [1.807, 2.05) is 44.2 Å². The number of rotatable bonds is 11. The van der Waals surface area contributed by atoms with Crippen LogP contribution < -0.4 is 9.62 Å². The van der Waals surface area contributed by atoms with Crippen LogP contribution in [0.1, 0.15) is 26.3 Å². The van der Waals surface area contributed by atoms with Gasteiger partial charge in [-0.25, -0.2) is 8.42 Å². The first-order valence-corrected chi connectivity index (χ1v) is 14.3. The summed E-state index contributed by atoms with van der Waals surface area (Å²) in [5.41, 5.74) is 0.899. The van der Waals surface area contributed by atoms with E-state index in [2.05, 4.69) is 5.32 Å². The standard InChI is InChI=1S/C28H31Cl2N3O4S/c1-20(2)17-31-28(35)21(3)32(18-22-10-6-4-7-11-22)27(34)19-33(26-15-14-23(29)16-25(26)30)38(36,37)24-12-8-5-9-13-24/h4-16,20-21H,17-19H2,1-3H3,(H,31,35)/t21-/m1/s1. The summed E-state index contributed by atoms with van der Waals surface area (Å²) in [5.74, 6) is -0.667. The van der Waals surface area contributed by atoms with E-state index in [1.54, 1.807) is 25.1 Å². The predicted octanol–water partition coefficient (Wildman–Crippen LogP) is 5.38. The molecule has 3 aromatic rings. The van der Waals surface area contributed by atoms with Crippen molar-refractivity contribution < 1.29 is 18.0 Å². The van der Waals surface area contributed by atoms with Crippen LogP contribution in [-0.4, -0.2) is 44.3 Å². The molecule has 0 saturated heterocycles. The monoisotopic (exact) mass is 575 g/mol. The molecule has 0 heterocycles. The molecule has 38 heavy (non-hydrogen) atoms. The molecule has 0 radical (unpaired) electrons. The molecule has 1 N–H and O–H groups in total. The molecular formula is C28H31Cl2N3O4S. The van der Waals surface area contributed by atoms with Gasteiger partial charge in [-0.2, -0.15) is 0 Å². The summed E-state index contributed by atoms with van der Waals surface area (Å²) in [4.78, 5) is 28.2. The third kappa shape index (κ3) is 7.49. The number of sulfonamides is 1. The van der Waals surface area contributed by atoms with Crippen molar-refractivity contribution in [1.82, 2.24) is 10.2 Å². The summed E-state index contributed by atoms with van der Waals surface area (Å²) in [7, 11) is -4.20. The highest BCUT2D eigenvalue weighted by Gasteiger charge is 2.33. The number of hydrogen-bond acceptors (Lipinski definition) is 4. The molecule has 0 aliphatic carbocycles. The van der Waals surface area contributed by atoms with Gasteiger partial charge in [-0.15, -0.1) is 0 Å². The molecule has 0 spiro atoms. The Kier molecular flexibility index (Phi) is 10.2. The zero-order chi connectivity index (χ0) is 27.9. The van der Waals surface area contributed by atoms with Crippen molar-refractivity contribution in [3.05, 3.63) is 94.5 Å². The summed E-state index contributed by atoms with van der Waals surface area (Å²) < 4.78 is 28.5. The van der Waals surface area contributed by atoms with Crippen molar-refractivity contribution in [2.75, 3.05) is 17.4 Å². The van der Waals surface area contributed by atoms with Crippen LogP contribution in [0.3, 0.4) is 0 Å². The highest BCUT2D eigenvalue weighted by Crippen LogP contribution is 2.33. The van der Waals surface area contributed by atoms with Gasteiger partial charge in [0.05, 0.1) is 15.6 Å². The Morgan fingerprint density at radius 2 is 1.50 bits per heavy atom. The van der Waals surface area contributed by atoms with E-state index < -0.39 is 28.5 Å². The predicted molar refractivity (Wildman–Crippen MR) is 152 cm³/mol. The number of halogens is 2. The minimum Gasteiger partial charge on any atom is -0.354 e. The SMILES string of the molecule is CC(C)CNC(=O)[C@@H](C)N(Cc1ccccc1)C(=O)CN(c1ccc(Cl)cc1Cl)S(=O)(=O)c1ccccc1. The average molecular weight is 577 g/mol. The van der Waals surface area contributed by atoms with E-state index in [-0.39, 0.29) is 34.0 Å². The van der Waals surface area contributed by atoms with Gasteiger partial charge in [0.2, 0.25) is 11.8 Å². The summed E-state index contributed by atoms with van der Waals surface area (Å²) in [5, 5.41) is 3.25. The number of hydrogen-bond donors (Lipinski definition) is 1. The molecule has 0 saturated carbocycles. The molecule has 0 aromatic heterocycles. The van der Waals surface area contributed by atoms with E-state index in [9.17, 15) is 18.0 Å². The van der Waals surface area contributed by atoms with Crippen molar-refractivity contribution in [3.63, 3.8) is 0 Å². The van der Waals surface area contributed by atoms with Crippen LogP contribution in [0.5, 0.6) is 0 Å². The molecule has 0 aliphatic rings. The third-order valence-electron chi connectivity index (χ3n) is 5.84. The van der Waals surface area contributed by atoms with Gasteiger partial charge >= 0.3 is 0 Å². The fraction of sp³-hybridized carbons (Fsp3) is 0.286. The Bertz CT molecular complexity index is 1350. The van der Waals surface area contributed by atoms with E-state index in [0.717, 1.165) is 9.87 Å². The van der Waals surface area contributed by atoms with Crippen molar-refractivity contribution in [3.8, 4) is 0 Å². The number of carbonyl (C=O) groups is 2. The Morgan fingerprint density at radius 3 is 2.08 bits per heavy atom. The minimum atomic E-state index is -4.20. The Labute approximate surface area is 234 Å². The third-order valence-corrected chi connectivity index (χ3v) is 8.15. The lowest BCUT2D eigenvalue weighted by molar-refractivity contribution is -0.139. The van der Waals surface area contributed by atoms with Gasteiger partial charge in [0.15, 0.2) is 0 Å². The lowest BCUT2D eigenvalue weighted by Gasteiger charge is -2.32. The second-order valence-electron chi connectivity index (χ2n) is 9.24. The normalized spacial score (nSPS) is 12.2. The van der Waals surface area contributed by atoms with Gasteiger partial charge in [0.1, 0.15) is 12.6 Å². The zero-order valence-electron chi connectivity index (χ0n) is 21.5. The highest BCUT2D eigenvalue weighted by atomic mass is 35.5. The lowest BCUT2D eigenvalue weighted by atomic mass is 10.1. The molecule has 10 heteroatoms. The largest absolute Gasteiger partial charge is 0.354 e. The molecule has 0 bridgehead atoms. The highest BCUT2D eigenvalue weighted by molar-refractivity contribution is 7.92. The summed E-state index contributed by atoms with van der Waals surface area (Å²) in [6, 6.07) is 20.5. The van der Waals surface area contributed by atoms with E-state index in [4.69, 9.17) is 23.2 Å². The molecule has 3 rings (SSSR count). The van der Waals surface area contributed by atoms with Gasteiger partial charge in [0.25, 0.3) is 10.0 Å². The van der Waals surface area contributed by atoms with Crippen molar-refractivity contribution in [2.24, 2.45) is 5.92 Å². The summed E-state index contributed by atoms with van der Waals surface area (Å²) >= 11 is 12.5. The number of nitrogens with zero attached hydrogens (tertiary/aromatic N) is 2. The topological polar surface area (TPSA) is 86.8 Å². The van der Waals surface area contributed by atoms with Crippen LogP contribution in [0.25, 0.3) is 0 Å². The van der Waals surface area contributed by atoms with Gasteiger partial charge in [-0.1, -0.05) is 85.6 Å². The molecule has 1 atom stereocenters. The molecule has 7 nitrogen and oxygen atoms in total. The van der Waals surface area contributed by atoms with Gasteiger partial charge in [0, 0.05) is 18.1 Å². The van der Waals surface area contributed by atoms with Crippen LogP contribution in [0.2, 0.25) is 10.0 Å². The van der Waals surface area contributed by atoms with Crippen LogP contribution in [-0.2, 0) is 26.2 Å². The quantitative estimate of drug-likeness (QED) is 0.332. The molecule has 2 amide bonds. The number of anilines is 1. The number of benzene rings is 3. The number of nitrogens with one attached hydrogen (secondary N) is 1. The molecule has 0 unspecified atom stereocenters. The average Bonchev–Trinajstić information content (AvgIpc) is 2.90.